The van der Waals surface area contributed by atoms with E-state index in [0.29, 0.717) is 16.9 Å². The third-order valence-corrected chi connectivity index (χ3v) is 4.82. The van der Waals surface area contributed by atoms with E-state index in [4.69, 9.17) is 4.74 Å². The Morgan fingerprint density at radius 3 is 2.57 bits per heavy atom. The summed E-state index contributed by atoms with van der Waals surface area (Å²) < 4.78 is 5.49. The molecule has 0 aliphatic rings. The van der Waals surface area contributed by atoms with Gasteiger partial charge in [-0.25, -0.2) is 9.78 Å². The SMILES string of the molecule is O=C(OCc1ccc(-c2ccccc2-c2nn[nH]n2)cc1)c1cccc2[nH]cnc12. The van der Waals surface area contributed by atoms with Crippen LogP contribution in [0.2, 0.25) is 0 Å². The Morgan fingerprint density at radius 1 is 0.933 bits per heavy atom. The van der Waals surface area contributed by atoms with E-state index >= 15 is 0 Å². The zero-order chi connectivity index (χ0) is 20.3. The Balaban J connectivity index is 1.33. The summed E-state index contributed by atoms with van der Waals surface area (Å²) in [5.41, 5.74) is 5.62. The Bertz CT molecular complexity index is 1310. The number of esters is 1. The molecule has 0 bridgehead atoms. The molecule has 0 fully saturated rings. The molecular weight excluding hydrogens is 380 g/mol. The molecule has 0 aliphatic carbocycles. The number of hydrogen-bond acceptors (Lipinski definition) is 6. The summed E-state index contributed by atoms with van der Waals surface area (Å²) in [5.74, 6) is 0.135. The molecule has 3 aromatic carbocycles. The predicted octanol–water partition coefficient (Wildman–Crippen LogP) is 3.77. The number of ether oxygens (including phenoxy) is 1. The predicted molar refractivity (Wildman–Crippen MR) is 110 cm³/mol. The molecule has 0 saturated carbocycles. The minimum Gasteiger partial charge on any atom is -0.457 e. The molecule has 30 heavy (non-hydrogen) atoms. The molecule has 146 valence electrons. The highest BCUT2D eigenvalue weighted by Crippen LogP contribution is 2.29. The van der Waals surface area contributed by atoms with Crippen LogP contribution in [0.3, 0.4) is 0 Å². The van der Waals surface area contributed by atoms with Crippen molar-refractivity contribution in [3.05, 3.63) is 84.2 Å². The van der Waals surface area contributed by atoms with Crippen LogP contribution in [0, 0.1) is 0 Å². The minimum atomic E-state index is -0.403. The summed E-state index contributed by atoms with van der Waals surface area (Å²) in [4.78, 5) is 19.7. The maximum absolute atomic E-state index is 12.5. The zero-order valence-electron chi connectivity index (χ0n) is 15.7. The van der Waals surface area contributed by atoms with Crippen LogP contribution < -0.4 is 0 Å². The number of nitrogens with one attached hydrogen (secondary N) is 2. The third kappa shape index (κ3) is 3.30. The highest BCUT2D eigenvalue weighted by atomic mass is 16.5. The molecule has 8 heteroatoms. The lowest BCUT2D eigenvalue weighted by molar-refractivity contribution is 0.0475. The number of carbonyl (C=O) groups excluding carboxylic acids is 1. The van der Waals surface area contributed by atoms with Crippen molar-refractivity contribution in [1.82, 2.24) is 30.6 Å². The van der Waals surface area contributed by atoms with Crippen LogP contribution in [0.5, 0.6) is 0 Å². The van der Waals surface area contributed by atoms with E-state index in [2.05, 4.69) is 30.6 Å². The van der Waals surface area contributed by atoms with Gasteiger partial charge in [0.05, 0.1) is 17.4 Å². The smallest absolute Gasteiger partial charge is 0.340 e. The van der Waals surface area contributed by atoms with Crippen LogP contribution in [-0.2, 0) is 11.3 Å². The molecule has 0 amide bonds. The van der Waals surface area contributed by atoms with Crippen molar-refractivity contribution < 1.29 is 9.53 Å². The van der Waals surface area contributed by atoms with Crippen molar-refractivity contribution in [3.63, 3.8) is 0 Å². The first-order valence-corrected chi connectivity index (χ1v) is 9.31. The topological polar surface area (TPSA) is 109 Å². The monoisotopic (exact) mass is 396 g/mol. The lowest BCUT2D eigenvalue weighted by atomic mass is 9.98. The molecule has 8 nitrogen and oxygen atoms in total. The molecule has 2 N–H and O–H groups in total. The van der Waals surface area contributed by atoms with Crippen molar-refractivity contribution in [3.8, 4) is 22.5 Å². The Hall–Kier alpha value is -4.33. The van der Waals surface area contributed by atoms with Crippen LogP contribution in [0.4, 0.5) is 0 Å². The number of nitrogens with zero attached hydrogens (tertiary/aromatic N) is 4. The summed E-state index contributed by atoms with van der Waals surface area (Å²) in [7, 11) is 0. The molecule has 0 unspecified atom stereocenters. The second-order valence-corrected chi connectivity index (χ2v) is 6.66. The normalized spacial score (nSPS) is 10.9. The maximum atomic E-state index is 12.5. The van der Waals surface area contributed by atoms with E-state index in [0.717, 1.165) is 27.8 Å². The molecule has 0 atom stereocenters. The molecule has 5 rings (SSSR count). The van der Waals surface area contributed by atoms with Gasteiger partial charge in [-0.15, -0.1) is 10.2 Å². The minimum absolute atomic E-state index is 0.173. The van der Waals surface area contributed by atoms with Crippen molar-refractivity contribution >= 4 is 17.0 Å². The van der Waals surface area contributed by atoms with E-state index < -0.39 is 5.97 Å². The van der Waals surface area contributed by atoms with Crippen molar-refractivity contribution in [2.24, 2.45) is 0 Å². The number of H-pyrrole nitrogens is 2. The Kier molecular flexibility index (Phi) is 4.49. The van der Waals surface area contributed by atoms with Crippen molar-refractivity contribution in [2.75, 3.05) is 0 Å². The van der Waals surface area contributed by atoms with Gasteiger partial charge in [0.25, 0.3) is 0 Å². The van der Waals surface area contributed by atoms with Crippen molar-refractivity contribution in [2.45, 2.75) is 6.61 Å². The number of benzene rings is 3. The van der Waals surface area contributed by atoms with E-state index in [1.807, 2.05) is 54.6 Å². The second-order valence-electron chi connectivity index (χ2n) is 6.66. The number of aromatic amines is 2. The number of hydrogen-bond donors (Lipinski definition) is 2. The van der Waals surface area contributed by atoms with E-state index in [-0.39, 0.29) is 6.61 Å². The number of tetrazole rings is 1. The van der Waals surface area contributed by atoms with Gasteiger partial charge in [-0.3, -0.25) is 0 Å². The quantitative estimate of drug-likeness (QED) is 0.438. The molecule has 0 radical (unpaired) electrons. The van der Waals surface area contributed by atoms with E-state index in [1.165, 1.54) is 0 Å². The summed E-state index contributed by atoms with van der Waals surface area (Å²) in [6.07, 6.45) is 1.56. The van der Waals surface area contributed by atoms with Crippen molar-refractivity contribution in [1.29, 1.82) is 0 Å². The van der Waals surface area contributed by atoms with Crippen LogP contribution in [0.1, 0.15) is 15.9 Å². The summed E-state index contributed by atoms with van der Waals surface area (Å²) in [5, 5.41) is 14.3. The number of aromatic nitrogens is 6. The van der Waals surface area contributed by atoms with Gasteiger partial charge >= 0.3 is 5.97 Å². The van der Waals surface area contributed by atoms with E-state index in [1.54, 1.807) is 18.5 Å². The summed E-state index contributed by atoms with van der Waals surface area (Å²) in [6.45, 7) is 0.173. The van der Waals surface area contributed by atoms with Crippen LogP contribution in [0.25, 0.3) is 33.5 Å². The van der Waals surface area contributed by atoms with Gasteiger partial charge in [0.1, 0.15) is 12.1 Å². The first-order chi connectivity index (χ1) is 14.8. The van der Waals surface area contributed by atoms with E-state index in [9.17, 15) is 4.79 Å². The maximum Gasteiger partial charge on any atom is 0.340 e. The number of carbonyl (C=O) groups is 1. The van der Waals surface area contributed by atoms with Gasteiger partial charge in [-0.1, -0.05) is 54.6 Å². The highest BCUT2D eigenvalue weighted by Gasteiger charge is 2.14. The Labute approximate surface area is 170 Å². The van der Waals surface area contributed by atoms with Gasteiger partial charge in [0, 0.05) is 5.56 Å². The average molecular weight is 396 g/mol. The number of imidazole rings is 1. The third-order valence-electron chi connectivity index (χ3n) is 4.82. The molecular formula is C22H16N6O2. The second kappa shape index (κ2) is 7.59. The number of rotatable bonds is 5. The molecule has 0 spiro atoms. The summed E-state index contributed by atoms with van der Waals surface area (Å²) >= 11 is 0. The largest absolute Gasteiger partial charge is 0.457 e. The van der Waals surface area contributed by atoms with Gasteiger partial charge in [-0.2, -0.15) is 5.21 Å². The standard InChI is InChI=1S/C22H16N6O2/c29-22(18-6-3-7-19-20(18)24-13-23-19)30-12-14-8-10-15(11-9-14)16-4-1-2-5-17(16)21-25-27-28-26-21/h1-11,13H,12H2,(H,23,24)(H,25,26,27,28). The van der Waals surface area contributed by atoms with Crippen LogP contribution in [0.15, 0.2) is 73.1 Å². The fourth-order valence-electron chi connectivity index (χ4n) is 3.34. The molecule has 0 saturated heterocycles. The van der Waals surface area contributed by atoms with Gasteiger partial charge in [-0.05, 0) is 34.0 Å². The Morgan fingerprint density at radius 2 is 1.77 bits per heavy atom. The lowest BCUT2D eigenvalue weighted by Crippen LogP contribution is -2.06. The first-order valence-electron chi connectivity index (χ1n) is 9.31. The highest BCUT2D eigenvalue weighted by molar-refractivity contribution is 6.01. The molecule has 5 aromatic rings. The molecule has 2 aromatic heterocycles. The lowest BCUT2D eigenvalue weighted by Gasteiger charge is -2.09. The average Bonchev–Trinajstić information content (AvgIpc) is 3.50. The van der Waals surface area contributed by atoms with Crippen LogP contribution in [-0.4, -0.2) is 36.6 Å². The first kappa shape index (κ1) is 17.7. The van der Waals surface area contributed by atoms with Gasteiger partial charge in [0.15, 0.2) is 0 Å². The van der Waals surface area contributed by atoms with Gasteiger partial charge < -0.3 is 9.72 Å². The summed E-state index contributed by atoms with van der Waals surface area (Å²) in [6, 6.07) is 21.1. The number of fused-ring (bicyclic) bond motifs is 1. The molecule has 0 aliphatic heterocycles. The molecule has 2 heterocycles. The van der Waals surface area contributed by atoms with Gasteiger partial charge in [0.2, 0.25) is 5.82 Å². The number of para-hydroxylation sites is 1. The zero-order valence-corrected chi connectivity index (χ0v) is 15.7. The fourth-order valence-corrected chi connectivity index (χ4v) is 3.34. The fraction of sp³-hybridized carbons (Fsp3) is 0.0455. The van der Waals surface area contributed by atoms with Crippen LogP contribution >= 0.6 is 0 Å².